The van der Waals surface area contributed by atoms with Crippen LogP contribution in [-0.2, 0) is 9.47 Å². The summed E-state index contributed by atoms with van der Waals surface area (Å²) >= 11 is 0. The van der Waals surface area contributed by atoms with Gasteiger partial charge in [-0.05, 0) is 19.3 Å². The van der Waals surface area contributed by atoms with Gasteiger partial charge in [0, 0.05) is 7.11 Å². The summed E-state index contributed by atoms with van der Waals surface area (Å²) < 4.78 is 10.4. The molecule has 2 unspecified atom stereocenters. The molecular weight excluding hydrogens is 135 g/mol. The quantitative estimate of drug-likeness (QED) is 0.523. The van der Waals surface area contributed by atoms with Crippen LogP contribution >= 0.6 is 9.24 Å². The summed E-state index contributed by atoms with van der Waals surface area (Å²) in [5.74, 6) is 0.309. The van der Waals surface area contributed by atoms with Crippen molar-refractivity contribution in [3.63, 3.8) is 0 Å². The first kappa shape index (κ1) is 7.46. The van der Waals surface area contributed by atoms with Crippen molar-refractivity contribution in [2.24, 2.45) is 0 Å². The smallest absolute Gasteiger partial charge is 0.158 e. The van der Waals surface area contributed by atoms with Crippen molar-refractivity contribution in [1.29, 1.82) is 0 Å². The summed E-state index contributed by atoms with van der Waals surface area (Å²) in [4.78, 5) is 0. The largest absolute Gasteiger partial charge is 0.356 e. The predicted molar refractivity (Wildman–Crippen MR) is 39.2 cm³/mol. The van der Waals surface area contributed by atoms with Gasteiger partial charge < -0.3 is 9.47 Å². The van der Waals surface area contributed by atoms with E-state index < -0.39 is 0 Å². The van der Waals surface area contributed by atoms with Gasteiger partial charge in [0.05, 0.1) is 5.85 Å². The minimum Gasteiger partial charge on any atom is -0.356 e. The molecule has 0 bridgehead atoms. The molecule has 0 amide bonds. The zero-order valence-electron chi connectivity index (χ0n) is 5.67. The molecule has 0 N–H and O–H groups in total. The number of methoxy groups -OCH3 is 1. The zero-order chi connectivity index (χ0) is 6.69. The molecule has 1 fully saturated rings. The van der Waals surface area contributed by atoms with Crippen molar-refractivity contribution in [2.45, 2.75) is 31.4 Å². The Morgan fingerprint density at radius 3 is 2.78 bits per heavy atom. The monoisotopic (exact) mass is 148 g/mol. The Kier molecular flexibility index (Phi) is 2.90. The van der Waals surface area contributed by atoms with Gasteiger partial charge >= 0.3 is 0 Å². The lowest BCUT2D eigenvalue weighted by Crippen LogP contribution is -2.24. The normalized spacial score (nSPS) is 36.7. The van der Waals surface area contributed by atoms with E-state index >= 15 is 0 Å². The highest BCUT2D eigenvalue weighted by Crippen LogP contribution is 2.22. The van der Waals surface area contributed by atoms with E-state index in [2.05, 4.69) is 9.24 Å². The Morgan fingerprint density at radius 2 is 2.33 bits per heavy atom. The summed E-state index contributed by atoms with van der Waals surface area (Å²) in [6.45, 7) is 0. The zero-order valence-corrected chi connectivity index (χ0v) is 6.82. The highest BCUT2D eigenvalue weighted by Gasteiger charge is 2.17. The predicted octanol–water partition coefficient (Wildman–Crippen LogP) is 1.36. The van der Waals surface area contributed by atoms with Gasteiger partial charge in [0.25, 0.3) is 0 Å². The molecule has 0 aliphatic carbocycles. The fraction of sp³-hybridized carbons (Fsp3) is 1.00. The highest BCUT2D eigenvalue weighted by molar-refractivity contribution is 7.17. The maximum Gasteiger partial charge on any atom is 0.158 e. The lowest BCUT2D eigenvalue weighted by atomic mass is 10.2. The van der Waals surface area contributed by atoms with Gasteiger partial charge in [-0.2, -0.15) is 0 Å². The van der Waals surface area contributed by atoms with E-state index in [1.807, 2.05) is 0 Å². The summed E-state index contributed by atoms with van der Waals surface area (Å²) in [5, 5.41) is 0. The molecular formula is C6H13O2P. The number of hydrogen-bond donors (Lipinski definition) is 0. The van der Waals surface area contributed by atoms with Gasteiger partial charge in [0.2, 0.25) is 0 Å². The van der Waals surface area contributed by atoms with Crippen LogP contribution in [0.2, 0.25) is 0 Å². The van der Waals surface area contributed by atoms with E-state index in [4.69, 9.17) is 9.47 Å². The lowest BCUT2D eigenvalue weighted by Gasteiger charge is -2.25. The summed E-state index contributed by atoms with van der Waals surface area (Å²) in [5.41, 5.74) is 0. The molecule has 0 aromatic carbocycles. The summed E-state index contributed by atoms with van der Waals surface area (Å²) in [6, 6.07) is 0. The molecule has 0 spiro atoms. The Balaban J connectivity index is 2.23. The topological polar surface area (TPSA) is 18.5 Å². The molecule has 0 aromatic rings. The van der Waals surface area contributed by atoms with Crippen LogP contribution in [-0.4, -0.2) is 19.2 Å². The van der Waals surface area contributed by atoms with Crippen LogP contribution in [0.15, 0.2) is 0 Å². The van der Waals surface area contributed by atoms with Crippen LogP contribution in [0.25, 0.3) is 0 Å². The second-order valence-corrected chi connectivity index (χ2v) is 3.01. The molecule has 9 heavy (non-hydrogen) atoms. The first-order chi connectivity index (χ1) is 4.33. The molecule has 0 saturated carbocycles. The van der Waals surface area contributed by atoms with E-state index in [0.29, 0.717) is 5.85 Å². The Labute approximate surface area is 58.1 Å². The van der Waals surface area contributed by atoms with E-state index in [0.717, 1.165) is 12.8 Å². The van der Waals surface area contributed by atoms with Crippen molar-refractivity contribution in [2.75, 3.05) is 7.11 Å². The first-order valence-corrected chi connectivity index (χ1v) is 3.93. The van der Waals surface area contributed by atoms with E-state index in [1.54, 1.807) is 7.11 Å². The Hall–Kier alpha value is 0.350. The molecule has 2 nitrogen and oxygen atoms in total. The molecule has 1 aliphatic rings. The third kappa shape index (κ3) is 2.21. The standard InChI is InChI=1S/C6H13O2P/c1-7-5-3-2-4-6(9)8-5/h5-6H,2-4,9H2,1H3/t5-,6?/m1/s1. The number of ether oxygens (including phenoxy) is 2. The average molecular weight is 148 g/mol. The second-order valence-electron chi connectivity index (χ2n) is 2.27. The lowest BCUT2D eigenvalue weighted by molar-refractivity contribution is -0.156. The molecule has 0 radical (unpaired) electrons. The van der Waals surface area contributed by atoms with Gasteiger partial charge in [-0.15, -0.1) is 9.24 Å². The SMILES string of the molecule is CO[C@H]1CCCC(P)O1. The van der Waals surface area contributed by atoms with Crippen LogP contribution < -0.4 is 0 Å². The molecule has 1 saturated heterocycles. The number of hydrogen-bond acceptors (Lipinski definition) is 2. The van der Waals surface area contributed by atoms with Crippen LogP contribution in [0.3, 0.4) is 0 Å². The van der Waals surface area contributed by atoms with Crippen molar-refractivity contribution in [1.82, 2.24) is 0 Å². The minimum absolute atomic E-state index is 0.0428. The third-order valence-corrected chi connectivity index (χ3v) is 2.01. The molecule has 3 atom stereocenters. The van der Waals surface area contributed by atoms with E-state index in [1.165, 1.54) is 6.42 Å². The molecule has 1 heterocycles. The maximum absolute atomic E-state index is 5.38. The maximum atomic E-state index is 5.38. The number of rotatable bonds is 1. The Bertz CT molecular complexity index is 87.1. The van der Waals surface area contributed by atoms with Crippen molar-refractivity contribution in [3.05, 3.63) is 0 Å². The highest BCUT2D eigenvalue weighted by atomic mass is 31.0. The Morgan fingerprint density at radius 1 is 1.56 bits per heavy atom. The molecule has 3 heteroatoms. The van der Waals surface area contributed by atoms with Crippen molar-refractivity contribution in [3.8, 4) is 0 Å². The van der Waals surface area contributed by atoms with Crippen LogP contribution in [0.5, 0.6) is 0 Å². The molecule has 0 aromatic heterocycles. The van der Waals surface area contributed by atoms with Crippen LogP contribution in [0.1, 0.15) is 19.3 Å². The van der Waals surface area contributed by atoms with Crippen LogP contribution in [0.4, 0.5) is 0 Å². The molecule has 1 rings (SSSR count). The fourth-order valence-corrected chi connectivity index (χ4v) is 1.40. The van der Waals surface area contributed by atoms with Crippen molar-refractivity contribution < 1.29 is 9.47 Å². The van der Waals surface area contributed by atoms with Gasteiger partial charge in [-0.1, -0.05) is 0 Å². The van der Waals surface area contributed by atoms with Gasteiger partial charge in [-0.25, -0.2) is 0 Å². The van der Waals surface area contributed by atoms with Crippen LogP contribution in [0, 0.1) is 0 Å². The molecule has 1 aliphatic heterocycles. The van der Waals surface area contributed by atoms with Gasteiger partial charge in [-0.3, -0.25) is 0 Å². The minimum atomic E-state index is 0.0428. The van der Waals surface area contributed by atoms with Gasteiger partial charge in [0.1, 0.15) is 0 Å². The first-order valence-electron chi connectivity index (χ1n) is 3.27. The average Bonchev–Trinajstić information content (AvgIpc) is 1.88. The van der Waals surface area contributed by atoms with Crippen molar-refractivity contribution >= 4 is 9.24 Å². The fourth-order valence-electron chi connectivity index (χ4n) is 0.990. The molecule has 54 valence electrons. The second kappa shape index (κ2) is 3.50. The third-order valence-electron chi connectivity index (χ3n) is 1.52. The van der Waals surface area contributed by atoms with E-state index in [-0.39, 0.29) is 6.29 Å². The van der Waals surface area contributed by atoms with E-state index in [9.17, 15) is 0 Å². The van der Waals surface area contributed by atoms with Gasteiger partial charge in [0.15, 0.2) is 6.29 Å². The summed E-state index contributed by atoms with van der Waals surface area (Å²) in [6.07, 6.45) is 3.44. The summed E-state index contributed by atoms with van der Waals surface area (Å²) in [7, 11) is 4.34.